The predicted octanol–water partition coefficient (Wildman–Crippen LogP) is -0.972. The Hall–Kier alpha value is -0.160. The van der Waals surface area contributed by atoms with Gasteiger partial charge in [-0.1, -0.05) is 0 Å². The molecule has 0 aliphatic heterocycles. The third kappa shape index (κ3) is 5.97. The molecule has 0 heterocycles. The van der Waals surface area contributed by atoms with Gasteiger partial charge in [0.2, 0.25) is 0 Å². The molecule has 0 fully saturated rings. The fraction of sp³-hybridized carbons (Fsp3) is 1.00. The molecule has 0 spiro atoms. The maximum atomic E-state index is 5.28. The minimum Gasteiger partial charge on any atom is -0.369 e. The lowest BCUT2D eigenvalue weighted by Crippen LogP contribution is -2.35. The number of nitrogens with zero attached hydrogens (tertiary/aromatic N) is 1. The first-order chi connectivity index (χ1) is 4.81. The second kappa shape index (κ2) is 6.95. The average molecular weight is 147 g/mol. The van der Waals surface area contributed by atoms with Crippen molar-refractivity contribution in [1.82, 2.24) is 10.2 Å². The van der Waals surface area contributed by atoms with E-state index >= 15 is 0 Å². The third-order valence-corrected chi connectivity index (χ3v) is 1.05. The van der Waals surface area contributed by atoms with E-state index in [1.165, 1.54) is 0 Å². The highest BCUT2D eigenvalue weighted by atomic mass is 16.5. The molecule has 0 amide bonds. The van der Waals surface area contributed by atoms with Gasteiger partial charge in [-0.3, -0.25) is 4.90 Å². The van der Waals surface area contributed by atoms with E-state index < -0.39 is 0 Å². The van der Waals surface area contributed by atoms with E-state index in [1.54, 1.807) is 7.11 Å². The summed E-state index contributed by atoms with van der Waals surface area (Å²) in [6, 6.07) is 0. The molecule has 0 aliphatic rings. The Morgan fingerprint density at radius 3 is 2.80 bits per heavy atom. The lowest BCUT2D eigenvalue weighted by molar-refractivity contribution is 0.0768. The SMILES string of the molecule is COCN(C)CNCCN. The van der Waals surface area contributed by atoms with Gasteiger partial charge in [-0.15, -0.1) is 0 Å². The zero-order valence-electron chi connectivity index (χ0n) is 6.76. The highest BCUT2D eigenvalue weighted by Gasteiger charge is 1.92. The number of nitrogens with two attached hydrogens (primary N) is 1. The van der Waals surface area contributed by atoms with Crippen LogP contribution in [0.1, 0.15) is 0 Å². The van der Waals surface area contributed by atoms with Gasteiger partial charge < -0.3 is 15.8 Å². The second-order valence-electron chi connectivity index (χ2n) is 2.22. The van der Waals surface area contributed by atoms with Gasteiger partial charge in [0.05, 0.1) is 6.73 Å². The molecule has 0 aromatic heterocycles. The smallest absolute Gasteiger partial charge is 0.0994 e. The van der Waals surface area contributed by atoms with Crippen molar-refractivity contribution in [2.24, 2.45) is 5.73 Å². The molecule has 0 saturated heterocycles. The van der Waals surface area contributed by atoms with Crippen LogP contribution in [0.25, 0.3) is 0 Å². The van der Waals surface area contributed by atoms with Crippen molar-refractivity contribution in [2.75, 3.05) is 40.6 Å². The van der Waals surface area contributed by atoms with Crippen LogP contribution in [0, 0.1) is 0 Å². The van der Waals surface area contributed by atoms with Crippen molar-refractivity contribution in [2.45, 2.75) is 0 Å². The van der Waals surface area contributed by atoms with Crippen LogP contribution in [0.2, 0.25) is 0 Å². The Bertz CT molecular complexity index is 70.0. The summed E-state index contributed by atoms with van der Waals surface area (Å²) in [5.41, 5.74) is 5.28. The topological polar surface area (TPSA) is 50.5 Å². The zero-order chi connectivity index (χ0) is 7.82. The van der Waals surface area contributed by atoms with Crippen molar-refractivity contribution >= 4 is 0 Å². The zero-order valence-corrected chi connectivity index (χ0v) is 6.76. The molecular formula is C6H17N3O. The molecule has 0 aliphatic carbocycles. The maximum Gasteiger partial charge on any atom is 0.0994 e. The van der Waals surface area contributed by atoms with Crippen LogP contribution >= 0.6 is 0 Å². The van der Waals surface area contributed by atoms with Crippen LogP contribution < -0.4 is 11.1 Å². The summed E-state index contributed by atoms with van der Waals surface area (Å²) in [6.45, 7) is 3.01. The molecule has 10 heavy (non-hydrogen) atoms. The molecule has 0 aromatic carbocycles. The highest BCUT2D eigenvalue weighted by Crippen LogP contribution is 1.76. The minimum atomic E-state index is 0.650. The Morgan fingerprint density at radius 2 is 2.30 bits per heavy atom. The Balaban J connectivity index is 2.97. The van der Waals surface area contributed by atoms with Gasteiger partial charge >= 0.3 is 0 Å². The molecule has 0 atom stereocenters. The summed E-state index contributed by atoms with van der Waals surface area (Å²) in [5, 5.41) is 3.14. The van der Waals surface area contributed by atoms with Gasteiger partial charge in [-0.05, 0) is 7.05 Å². The number of nitrogens with one attached hydrogen (secondary N) is 1. The van der Waals surface area contributed by atoms with E-state index in [1.807, 2.05) is 11.9 Å². The Kier molecular flexibility index (Phi) is 6.84. The quantitative estimate of drug-likeness (QED) is 0.375. The summed E-state index contributed by atoms with van der Waals surface area (Å²) in [6.07, 6.45) is 0. The monoisotopic (exact) mass is 147 g/mol. The minimum absolute atomic E-state index is 0.650. The van der Waals surface area contributed by atoms with Crippen LogP contribution in [0.3, 0.4) is 0 Å². The molecule has 4 nitrogen and oxygen atoms in total. The van der Waals surface area contributed by atoms with Crippen LogP contribution in [0.15, 0.2) is 0 Å². The fourth-order valence-corrected chi connectivity index (χ4v) is 0.638. The molecule has 62 valence electrons. The molecular weight excluding hydrogens is 130 g/mol. The Labute approximate surface area is 62.3 Å². The second-order valence-corrected chi connectivity index (χ2v) is 2.22. The number of rotatable bonds is 6. The first-order valence-corrected chi connectivity index (χ1v) is 3.39. The molecule has 3 N–H and O–H groups in total. The lowest BCUT2D eigenvalue weighted by Gasteiger charge is -2.15. The van der Waals surface area contributed by atoms with Gasteiger partial charge in [0, 0.05) is 26.9 Å². The number of hydrogen-bond donors (Lipinski definition) is 2. The van der Waals surface area contributed by atoms with Crippen molar-refractivity contribution in [3.05, 3.63) is 0 Å². The summed E-state index contributed by atoms with van der Waals surface area (Å²) in [7, 11) is 3.66. The van der Waals surface area contributed by atoms with Gasteiger partial charge in [-0.2, -0.15) is 0 Å². The first kappa shape index (κ1) is 9.84. The van der Waals surface area contributed by atoms with E-state index in [0.29, 0.717) is 13.3 Å². The molecule has 0 aromatic rings. The normalized spacial score (nSPS) is 10.8. The third-order valence-electron chi connectivity index (χ3n) is 1.05. The number of hydrogen-bond acceptors (Lipinski definition) is 4. The average Bonchev–Trinajstić information content (AvgIpc) is 1.89. The molecule has 0 rings (SSSR count). The van der Waals surface area contributed by atoms with E-state index in [2.05, 4.69) is 5.32 Å². The van der Waals surface area contributed by atoms with Crippen LogP contribution in [0.5, 0.6) is 0 Å². The van der Waals surface area contributed by atoms with Crippen LogP contribution in [-0.2, 0) is 4.74 Å². The largest absolute Gasteiger partial charge is 0.369 e. The van der Waals surface area contributed by atoms with Crippen molar-refractivity contribution in [3.63, 3.8) is 0 Å². The lowest BCUT2D eigenvalue weighted by atomic mass is 10.6. The summed E-state index contributed by atoms with van der Waals surface area (Å²) in [4.78, 5) is 2.02. The van der Waals surface area contributed by atoms with Crippen molar-refractivity contribution < 1.29 is 4.74 Å². The summed E-state index contributed by atoms with van der Waals surface area (Å²) >= 11 is 0. The number of methoxy groups -OCH3 is 1. The number of ether oxygens (including phenoxy) is 1. The summed E-state index contributed by atoms with van der Waals surface area (Å²) in [5.74, 6) is 0. The van der Waals surface area contributed by atoms with Crippen LogP contribution in [0.4, 0.5) is 0 Å². The molecule has 4 heteroatoms. The molecule has 0 bridgehead atoms. The predicted molar refractivity (Wildman–Crippen MR) is 41.6 cm³/mol. The van der Waals surface area contributed by atoms with Gasteiger partial charge in [0.15, 0.2) is 0 Å². The fourth-order valence-electron chi connectivity index (χ4n) is 0.638. The van der Waals surface area contributed by atoms with Crippen molar-refractivity contribution in [1.29, 1.82) is 0 Å². The van der Waals surface area contributed by atoms with Gasteiger partial charge in [0.25, 0.3) is 0 Å². The first-order valence-electron chi connectivity index (χ1n) is 3.39. The van der Waals surface area contributed by atoms with E-state index in [9.17, 15) is 0 Å². The highest BCUT2D eigenvalue weighted by molar-refractivity contribution is 4.45. The van der Waals surface area contributed by atoms with Crippen LogP contribution in [-0.4, -0.2) is 45.5 Å². The molecule has 0 saturated carbocycles. The molecule has 0 unspecified atom stereocenters. The van der Waals surface area contributed by atoms with Gasteiger partial charge in [0.1, 0.15) is 0 Å². The van der Waals surface area contributed by atoms with Crippen molar-refractivity contribution in [3.8, 4) is 0 Å². The summed E-state index contributed by atoms with van der Waals surface area (Å²) < 4.78 is 4.89. The standard InChI is InChI=1S/C6H17N3O/c1-9(6-10-2)5-8-4-3-7/h8H,3-7H2,1-2H3. The van der Waals surface area contributed by atoms with Gasteiger partial charge in [-0.25, -0.2) is 0 Å². The van der Waals surface area contributed by atoms with E-state index in [4.69, 9.17) is 10.5 Å². The Morgan fingerprint density at radius 1 is 1.60 bits per heavy atom. The maximum absolute atomic E-state index is 5.28. The van der Waals surface area contributed by atoms with E-state index in [0.717, 1.165) is 13.2 Å². The molecule has 0 radical (unpaired) electrons. The van der Waals surface area contributed by atoms with E-state index in [-0.39, 0.29) is 0 Å².